The summed E-state index contributed by atoms with van der Waals surface area (Å²) in [6, 6.07) is 30.4. The Labute approximate surface area is 326 Å². The van der Waals surface area contributed by atoms with E-state index in [-0.39, 0.29) is 13.3 Å². The maximum Gasteiger partial charge on any atom is 0.417 e. The van der Waals surface area contributed by atoms with Crippen LogP contribution in [-0.2, 0) is 0 Å². The number of fused-ring (bicyclic) bond motifs is 6. The van der Waals surface area contributed by atoms with Gasteiger partial charge in [-0.15, -0.1) is 0 Å². The summed E-state index contributed by atoms with van der Waals surface area (Å²) in [6.07, 6.45) is 7.01. The smallest absolute Gasteiger partial charge is 0.417 e. The van der Waals surface area contributed by atoms with Crippen molar-refractivity contribution in [2.75, 3.05) is 39.6 Å². The standard InChI is InChI=1S/C46H50BN7O/c1-29(2)37-17-11-18-38(30(3)4)41(37)47-50(8)40-20-19-36(28-39(40)44-49-23-26-53(44)47)55-35-16-10-15-34(27-35)54-45-43(33(7)21-22-48-45)52-25-12-24-51(46(52)54)42-31(5)13-9-14-32(42)6/h9-11,13-23,26-30,46H,12,24-25H2,1-8H3. The zero-order valence-electron chi connectivity index (χ0n) is 33.3. The Bertz CT molecular complexity index is 2370. The zero-order valence-corrected chi connectivity index (χ0v) is 33.3. The number of hydrogen-bond donors (Lipinski definition) is 0. The van der Waals surface area contributed by atoms with Gasteiger partial charge in [-0.3, -0.25) is 4.90 Å². The fourth-order valence-corrected chi connectivity index (χ4v) is 9.41. The summed E-state index contributed by atoms with van der Waals surface area (Å²) in [6.45, 7) is 17.7. The van der Waals surface area contributed by atoms with Crippen LogP contribution in [-0.4, -0.2) is 47.9 Å². The highest BCUT2D eigenvalue weighted by Gasteiger charge is 2.45. The average Bonchev–Trinajstić information content (AvgIpc) is 3.79. The minimum absolute atomic E-state index is 0.00702. The molecular formula is C46H50BN7O. The molecule has 8 nitrogen and oxygen atoms in total. The Hall–Kier alpha value is -5.70. The van der Waals surface area contributed by atoms with Gasteiger partial charge < -0.3 is 23.8 Å². The first kappa shape index (κ1) is 35.0. The summed E-state index contributed by atoms with van der Waals surface area (Å²) in [7, 11) is 2.21. The third-order valence-electron chi connectivity index (χ3n) is 11.8. The Kier molecular flexibility index (Phi) is 8.63. The molecule has 278 valence electrons. The Morgan fingerprint density at radius 2 is 1.36 bits per heavy atom. The van der Waals surface area contributed by atoms with Crippen molar-refractivity contribution in [1.82, 2.24) is 14.4 Å². The topological polar surface area (TPSA) is 52.9 Å². The van der Waals surface area contributed by atoms with E-state index >= 15 is 0 Å². The molecule has 55 heavy (non-hydrogen) atoms. The highest BCUT2D eigenvalue weighted by atomic mass is 16.5. The monoisotopic (exact) mass is 727 g/mol. The van der Waals surface area contributed by atoms with Gasteiger partial charge in [0.2, 0.25) is 0 Å². The number of aryl methyl sites for hydroxylation is 3. The molecule has 1 unspecified atom stereocenters. The normalized spacial score (nSPS) is 16.1. The number of benzene rings is 4. The number of nitrogens with zero attached hydrogens (tertiary/aromatic N) is 7. The zero-order chi connectivity index (χ0) is 38.1. The van der Waals surface area contributed by atoms with Crippen LogP contribution in [0.1, 0.15) is 73.8 Å². The molecule has 6 aromatic rings. The number of para-hydroxylation sites is 1. The van der Waals surface area contributed by atoms with Crippen molar-refractivity contribution in [3.8, 4) is 22.9 Å². The first-order chi connectivity index (χ1) is 26.6. The summed E-state index contributed by atoms with van der Waals surface area (Å²) < 4.78 is 9.08. The van der Waals surface area contributed by atoms with E-state index in [1.165, 1.54) is 44.7 Å². The number of anilines is 5. The van der Waals surface area contributed by atoms with Gasteiger partial charge in [0.25, 0.3) is 0 Å². The van der Waals surface area contributed by atoms with Gasteiger partial charge in [0, 0.05) is 54.7 Å². The summed E-state index contributed by atoms with van der Waals surface area (Å²) in [5.41, 5.74) is 13.7. The third-order valence-corrected chi connectivity index (χ3v) is 11.8. The van der Waals surface area contributed by atoms with E-state index in [2.05, 4.69) is 165 Å². The molecule has 9 rings (SSSR count). The van der Waals surface area contributed by atoms with Gasteiger partial charge in [0.1, 0.15) is 17.3 Å². The first-order valence-electron chi connectivity index (χ1n) is 19.8. The van der Waals surface area contributed by atoms with E-state index in [0.717, 1.165) is 59.6 Å². The quantitative estimate of drug-likeness (QED) is 0.152. The Morgan fingerprint density at radius 3 is 2.09 bits per heavy atom. The van der Waals surface area contributed by atoms with E-state index < -0.39 is 0 Å². The van der Waals surface area contributed by atoms with Crippen LogP contribution >= 0.6 is 0 Å². The van der Waals surface area contributed by atoms with Gasteiger partial charge in [0.15, 0.2) is 12.1 Å². The van der Waals surface area contributed by atoms with Crippen molar-refractivity contribution in [3.05, 3.63) is 131 Å². The van der Waals surface area contributed by atoms with Crippen LogP contribution in [0, 0.1) is 20.8 Å². The number of ether oxygens (including phenoxy) is 1. The molecule has 0 bridgehead atoms. The number of pyridine rings is 1. The molecule has 9 heteroatoms. The van der Waals surface area contributed by atoms with Crippen LogP contribution < -0.4 is 29.7 Å². The van der Waals surface area contributed by atoms with Crippen LogP contribution in [0.3, 0.4) is 0 Å². The van der Waals surface area contributed by atoms with Crippen molar-refractivity contribution in [1.29, 1.82) is 0 Å². The SMILES string of the molecule is Cc1cccc(C)c1N1CCCN2c3c(C)ccnc3N(c3cccc(Oc4ccc5c(c4)-c4nccn4B(c4c(C(C)C)cccc4C(C)C)N5C)c3)C12. The number of imidazole rings is 1. The number of aromatic nitrogens is 3. The van der Waals surface area contributed by atoms with Crippen molar-refractivity contribution in [3.63, 3.8) is 0 Å². The largest absolute Gasteiger partial charge is 0.457 e. The Morgan fingerprint density at radius 1 is 0.709 bits per heavy atom. The molecule has 1 atom stereocenters. The fraction of sp³-hybridized carbons (Fsp3) is 0.304. The van der Waals surface area contributed by atoms with Crippen LogP contribution in [0.4, 0.5) is 28.6 Å². The van der Waals surface area contributed by atoms with Crippen LogP contribution in [0.15, 0.2) is 104 Å². The lowest BCUT2D eigenvalue weighted by Crippen LogP contribution is -2.58. The molecule has 0 saturated carbocycles. The average molecular weight is 728 g/mol. The predicted molar refractivity (Wildman–Crippen MR) is 228 cm³/mol. The maximum atomic E-state index is 6.75. The predicted octanol–water partition coefficient (Wildman–Crippen LogP) is 9.75. The molecule has 0 amide bonds. The molecule has 0 aliphatic carbocycles. The Balaban J connectivity index is 1.08. The number of hydrogen-bond acceptors (Lipinski definition) is 7. The lowest BCUT2D eigenvalue weighted by atomic mass is 9.58. The van der Waals surface area contributed by atoms with Crippen molar-refractivity contribution in [2.45, 2.75) is 73.0 Å². The molecule has 5 heterocycles. The molecular weight excluding hydrogens is 677 g/mol. The first-order valence-corrected chi connectivity index (χ1v) is 19.8. The summed E-state index contributed by atoms with van der Waals surface area (Å²) in [4.78, 5) is 19.9. The van der Waals surface area contributed by atoms with Crippen LogP contribution in [0.5, 0.6) is 11.5 Å². The minimum Gasteiger partial charge on any atom is -0.457 e. The number of rotatable bonds is 7. The van der Waals surface area contributed by atoms with Crippen molar-refractivity contribution >= 4 is 41.0 Å². The molecule has 1 saturated heterocycles. The molecule has 1 fully saturated rings. The second-order valence-electron chi connectivity index (χ2n) is 16.1. The molecule has 0 N–H and O–H groups in total. The maximum absolute atomic E-state index is 6.75. The van der Waals surface area contributed by atoms with Gasteiger partial charge in [0.05, 0.1) is 11.4 Å². The van der Waals surface area contributed by atoms with Gasteiger partial charge in [-0.25, -0.2) is 9.97 Å². The highest BCUT2D eigenvalue weighted by Crippen LogP contribution is 2.49. The minimum atomic E-state index is -0.0458. The molecule has 2 aromatic heterocycles. The van der Waals surface area contributed by atoms with E-state index in [4.69, 9.17) is 14.7 Å². The van der Waals surface area contributed by atoms with E-state index in [1.807, 2.05) is 18.5 Å². The van der Waals surface area contributed by atoms with Gasteiger partial charge in [-0.1, -0.05) is 70.2 Å². The molecule has 0 spiro atoms. The summed E-state index contributed by atoms with van der Waals surface area (Å²) >= 11 is 0. The fourth-order valence-electron chi connectivity index (χ4n) is 9.41. The van der Waals surface area contributed by atoms with Crippen LogP contribution in [0.2, 0.25) is 0 Å². The van der Waals surface area contributed by atoms with E-state index in [0.29, 0.717) is 11.8 Å². The van der Waals surface area contributed by atoms with Crippen LogP contribution in [0.25, 0.3) is 11.4 Å². The van der Waals surface area contributed by atoms with E-state index in [1.54, 1.807) is 0 Å². The summed E-state index contributed by atoms with van der Waals surface area (Å²) in [5.74, 6) is 4.27. The van der Waals surface area contributed by atoms with E-state index in [9.17, 15) is 0 Å². The van der Waals surface area contributed by atoms with Gasteiger partial charge >= 0.3 is 6.98 Å². The molecule has 3 aliphatic rings. The van der Waals surface area contributed by atoms with Gasteiger partial charge in [-0.05, 0) is 116 Å². The second-order valence-corrected chi connectivity index (χ2v) is 16.1. The second kappa shape index (κ2) is 13.6. The molecule has 0 radical (unpaired) electrons. The lowest BCUT2D eigenvalue weighted by molar-refractivity contribution is 0.481. The highest BCUT2D eigenvalue weighted by molar-refractivity contribution is 6.77. The third kappa shape index (κ3) is 5.66. The van der Waals surface area contributed by atoms with Gasteiger partial charge in [-0.2, -0.15) is 0 Å². The van der Waals surface area contributed by atoms with Crippen molar-refractivity contribution in [2.24, 2.45) is 0 Å². The molecule has 4 aromatic carbocycles. The molecule has 3 aliphatic heterocycles. The lowest BCUT2D eigenvalue weighted by Gasteiger charge is -2.46. The van der Waals surface area contributed by atoms with Crippen molar-refractivity contribution < 1.29 is 4.74 Å². The summed E-state index contributed by atoms with van der Waals surface area (Å²) in [5, 5.41) is 0.